The van der Waals surface area contributed by atoms with Gasteiger partial charge in [0.15, 0.2) is 6.61 Å². The van der Waals surface area contributed by atoms with Crippen LogP contribution in [-0.4, -0.2) is 48.5 Å². The second-order valence-electron chi connectivity index (χ2n) is 6.12. The topological polar surface area (TPSA) is 75.9 Å². The molecule has 1 heterocycles. The van der Waals surface area contributed by atoms with Crippen LogP contribution in [-0.2, 0) is 4.79 Å². The van der Waals surface area contributed by atoms with E-state index in [0.717, 1.165) is 0 Å². The number of carbonyl (C=O) groups excluding carboxylic acids is 1. The Morgan fingerprint density at radius 2 is 1.86 bits per heavy atom. The van der Waals surface area contributed by atoms with Crippen molar-refractivity contribution in [2.75, 3.05) is 37.7 Å². The molecule has 0 aromatic heterocycles. The van der Waals surface area contributed by atoms with Crippen LogP contribution in [0, 0.1) is 15.9 Å². The van der Waals surface area contributed by atoms with E-state index in [1.54, 1.807) is 17.0 Å². The molecule has 28 heavy (non-hydrogen) atoms. The minimum atomic E-state index is -0.562. The monoisotopic (exact) mass is 427 g/mol. The van der Waals surface area contributed by atoms with Gasteiger partial charge in [0.05, 0.1) is 9.95 Å². The van der Waals surface area contributed by atoms with Gasteiger partial charge in [0.2, 0.25) is 0 Å². The molecule has 0 saturated carbocycles. The summed E-state index contributed by atoms with van der Waals surface area (Å²) in [5, 5.41) is 11.5. The Hall–Kier alpha value is -2.58. The minimum Gasteiger partial charge on any atom is -0.484 e. The van der Waals surface area contributed by atoms with Crippen molar-refractivity contribution in [1.29, 1.82) is 0 Å². The van der Waals surface area contributed by atoms with Gasteiger partial charge in [-0.1, -0.05) is 23.2 Å². The molecule has 7 nitrogen and oxygen atoms in total. The lowest BCUT2D eigenvalue weighted by Crippen LogP contribution is -2.50. The van der Waals surface area contributed by atoms with Gasteiger partial charge in [0, 0.05) is 43.3 Å². The van der Waals surface area contributed by atoms with Gasteiger partial charge in [-0.3, -0.25) is 14.9 Å². The lowest BCUT2D eigenvalue weighted by Gasteiger charge is -2.35. The molecule has 0 aliphatic carbocycles. The molecular weight excluding hydrogens is 412 g/mol. The molecule has 0 spiro atoms. The number of carbonyl (C=O) groups is 1. The first-order valence-corrected chi connectivity index (χ1v) is 9.15. The number of anilines is 1. The van der Waals surface area contributed by atoms with E-state index in [1.807, 2.05) is 4.90 Å². The summed E-state index contributed by atoms with van der Waals surface area (Å²) in [6.45, 7) is 1.47. The maximum atomic E-state index is 13.1. The van der Waals surface area contributed by atoms with Crippen LogP contribution in [0.4, 0.5) is 15.8 Å². The fourth-order valence-corrected chi connectivity index (χ4v) is 3.25. The van der Waals surface area contributed by atoms with E-state index in [2.05, 4.69) is 0 Å². The lowest BCUT2D eigenvalue weighted by atomic mass is 10.2. The van der Waals surface area contributed by atoms with Crippen LogP contribution >= 0.6 is 23.2 Å². The van der Waals surface area contributed by atoms with Gasteiger partial charge in [-0.25, -0.2) is 4.39 Å². The molecule has 1 aliphatic rings. The number of nitro groups is 1. The van der Waals surface area contributed by atoms with Crippen molar-refractivity contribution in [3.05, 3.63) is 62.4 Å². The Balaban J connectivity index is 1.57. The number of ether oxygens (including phenoxy) is 1. The minimum absolute atomic E-state index is 0.0659. The third-order valence-corrected chi connectivity index (χ3v) is 4.89. The SMILES string of the molecule is O=C(COc1ccc(F)c(Cl)c1)N1CCN(c2ccc(Cl)cc2[N+](=O)[O-])CC1. The number of nitro benzene ring substituents is 1. The summed E-state index contributed by atoms with van der Waals surface area (Å²) in [5.41, 5.74) is 0.405. The van der Waals surface area contributed by atoms with E-state index >= 15 is 0 Å². The normalized spacial score (nSPS) is 14.1. The van der Waals surface area contributed by atoms with Gasteiger partial charge < -0.3 is 14.5 Å². The molecule has 3 rings (SSSR count). The van der Waals surface area contributed by atoms with Gasteiger partial charge in [-0.15, -0.1) is 0 Å². The van der Waals surface area contributed by atoms with E-state index in [1.165, 1.54) is 24.3 Å². The zero-order valence-corrected chi connectivity index (χ0v) is 16.1. The highest BCUT2D eigenvalue weighted by Crippen LogP contribution is 2.31. The molecule has 1 saturated heterocycles. The fourth-order valence-electron chi connectivity index (χ4n) is 2.91. The predicted molar refractivity (Wildman–Crippen MR) is 104 cm³/mol. The van der Waals surface area contributed by atoms with Crippen LogP contribution < -0.4 is 9.64 Å². The van der Waals surface area contributed by atoms with E-state index in [9.17, 15) is 19.3 Å². The van der Waals surface area contributed by atoms with Crippen molar-refractivity contribution in [3.63, 3.8) is 0 Å². The van der Waals surface area contributed by atoms with Crippen molar-refractivity contribution in [1.82, 2.24) is 4.90 Å². The van der Waals surface area contributed by atoms with E-state index in [4.69, 9.17) is 27.9 Å². The second-order valence-corrected chi connectivity index (χ2v) is 6.97. The van der Waals surface area contributed by atoms with Gasteiger partial charge in [0.1, 0.15) is 17.3 Å². The third kappa shape index (κ3) is 4.63. The Bertz CT molecular complexity index is 904. The van der Waals surface area contributed by atoms with Crippen LogP contribution in [0.15, 0.2) is 36.4 Å². The number of halogens is 3. The molecule has 0 unspecified atom stereocenters. The van der Waals surface area contributed by atoms with Gasteiger partial charge in [-0.05, 0) is 24.3 Å². The first-order chi connectivity index (χ1) is 13.3. The van der Waals surface area contributed by atoms with Crippen LogP contribution in [0.2, 0.25) is 10.0 Å². The number of hydrogen-bond acceptors (Lipinski definition) is 5. The average Bonchev–Trinajstić information content (AvgIpc) is 2.68. The summed E-state index contributed by atoms with van der Waals surface area (Å²) in [5.74, 6) is -0.492. The van der Waals surface area contributed by atoms with Crippen molar-refractivity contribution in [3.8, 4) is 5.75 Å². The number of benzene rings is 2. The molecule has 2 aromatic rings. The Morgan fingerprint density at radius 1 is 1.14 bits per heavy atom. The van der Waals surface area contributed by atoms with Gasteiger partial charge in [-0.2, -0.15) is 0 Å². The zero-order chi connectivity index (χ0) is 20.3. The molecule has 1 aliphatic heterocycles. The quantitative estimate of drug-likeness (QED) is 0.536. The number of piperazine rings is 1. The summed E-state index contributed by atoms with van der Waals surface area (Å²) in [6.07, 6.45) is 0. The van der Waals surface area contributed by atoms with Crippen LogP contribution in [0.5, 0.6) is 5.75 Å². The number of rotatable bonds is 5. The highest BCUT2D eigenvalue weighted by molar-refractivity contribution is 6.31. The number of hydrogen-bond donors (Lipinski definition) is 0. The Morgan fingerprint density at radius 3 is 2.50 bits per heavy atom. The van der Waals surface area contributed by atoms with Gasteiger partial charge in [0.25, 0.3) is 11.6 Å². The van der Waals surface area contributed by atoms with Crippen molar-refractivity contribution >= 4 is 40.5 Å². The molecule has 1 fully saturated rings. The average molecular weight is 428 g/mol. The second kappa shape index (κ2) is 8.62. The summed E-state index contributed by atoms with van der Waals surface area (Å²) >= 11 is 11.5. The third-order valence-electron chi connectivity index (χ3n) is 4.36. The van der Waals surface area contributed by atoms with E-state index in [-0.39, 0.29) is 23.2 Å². The highest BCUT2D eigenvalue weighted by atomic mass is 35.5. The number of nitrogens with zero attached hydrogens (tertiary/aromatic N) is 3. The van der Waals surface area contributed by atoms with Crippen molar-refractivity contribution in [2.24, 2.45) is 0 Å². The molecule has 0 N–H and O–H groups in total. The fraction of sp³-hybridized carbons (Fsp3) is 0.278. The molecule has 0 atom stereocenters. The Kier molecular flexibility index (Phi) is 6.21. The molecular formula is C18H16Cl2FN3O4. The summed E-state index contributed by atoms with van der Waals surface area (Å²) < 4.78 is 18.5. The lowest BCUT2D eigenvalue weighted by molar-refractivity contribution is -0.384. The van der Waals surface area contributed by atoms with Crippen molar-refractivity contribution < 1.29 is 18.8 Å². The maximum absolute atomic E-state index is 13.1. The first kappa shape index (κ1) is 20.2. The van der Waals surface area contributed by atoms with E-state index < -0.39 is 10.7 Å². The molecule has 0 bridgehead atoms. The highest BCUT2D eigenvalue weighted by Gasteiger charge is 2.26. The van der Waals surface area contributed by atoms with Crippen molar-refractivity contribution in [2.45, 2.75) is 0 Å². The first-order valence-electron chi connectivity index (χ1n) is 8.39. The van der Waals surface area contributed by atoms with Crippen LogP contribution in [0.25, 0.3) is 0 Å². The molecule has 148 valence electrons. The Labute approximate surface area is 170 Å². The smallest absolute Gasteiger partial charge is 0.294 e. The van der Waals surface area contributed by atoms with Crippen LogP contribution in [0.1, 0.15) is 0 Å². The van der Waals surface area contributed by atoms with Gasteiger partial charge >= 0.3 is 0 Å². The molecule has 0 radical (unpaired) electrons. The number of amides is 1. The zero-order valence-electron chi connectivity index (χ0n) is 14.6. The summed E-state index contributed by atoms with van der Waals surface area (Å²) in [7, 11) is 0. The standard InChI is InChI=1S/C18H16Cl2FN3O4/c19-12-1-4-16(17(9-12)24(26)27)22-5-7-23(8-6-22)18(25)11-28-13-2-3-15(21)14(20)10-13/h1-4,9-10H,5-8,11H2. The molecule has 2 aromatic carbocycles. The van der Waals surface area contributed by atoms with E-state index in [0.29, 0.717) is 42.6 Å². The summed E-state index contributed by atoms with van der Waals surface area (Å²) in [6, 6.07) is 8.40. The molecule has 10 heteroatoms. The molecule has 1 amide bonds. The largest absolute Gasteiger partial charge is 0.484 e. The summed E-state index contributed by atoms with van der Waals surface area (Å²) in [4.78, 5) is 26.6. The van der Waals surface area contributed by atoms with Crippen LogP contribution in [0.3, 0.4) is 0 Å². The predicted octanol–water partition coefficient (Wildman–Crippen LogP) is 3.77. The maximum Gasteiger partial charge on any atom is 0.294 e.